The second-order valence-electron chi connectivity index (χ2n) is 6.15. The van der Waals surface area contributed by atoms with Crippen molar-refractivity contribution in [2.75, 3.05) is 23.9 Å². The molecule has 0 unspecified atom stereocenters. The van der Waals surface area contributed by atoms with Gasteiger partial charge in [-0.05, 0) is 44.0 Å². The molecule has 2 rings (SSSR count). The second kappa shape index (κ2) is 10.1. The minimum Gasteiger partial charge on any atom is -0.462 e. The molecule has 2 aromatic rings. The van der Waals surface area contributed by atoms with E-state index in [4.69, 9.17) is 16.3 Å². The van der Waals surface area contributed by atoms with Crippen molar-refractivity contribution in [3.63, 3.8) is 0 Å². The van der Waals surface area contributed by atoms with Crippen LogP contribution in [0.3, 0.4) is 0 Å². The highest BCUT2D eigenvalue weighted by atomic mass is 35.5. The third-order valence-corrected chi connectivity index (χ3v) is 5.75. The largest absolute Gasteiger partial charge is 0.462 e. The van der Waals surface area contributed by atoms with E-state index in [1.807, 2.05) is 6.92 Å². The smallest absolute Gasteiger partial charge is 0.416 e. The summed E-state index contributed by atoms with van der Waals surface area (Å²) in [5, 5.41) is 3.07. The number of ether oxygens (including phenoxy) is 1. The van der Waals surface area contributed by atoms with Crippen molar-refractivity contribution in [3.8, 4) is 0 Å². The summed E-state index contributed by atoms with van der Waals surface area (Å²) in [6.07, 6.45) is -3.83. The van der Waals surface area contributed by atoms with E-state index in [9.17, 15) is 22.8 Å². The van der Waals surface area contributed by atoms with Crippen LogP contribution in [-0.2, 0) is 22.1 Å². The predicted octanol–water partition coefficient (Wildman–Crippen LogP) is 5.02. The third kappa shape index (κ3) is 5.87. The Labute approximate surface area is 180 Å². The Morgan fingerprint density at radius 3 is 2.53 bits per heavy atom. The van der Waals surface area contributed by atoms with E-state index in [-0.39, 0.29) is 23.9 Å². The third-order valence-electron chi connectivity index (χ3n) is 4.06. The average Bonchev–Trinajstić information content (AvgIpc) is 2.97. The summed E-state index contributed by atoms with van der Waals surface area (Å²) >= 11 is 7.17. The van der Waals surface area contributed by atoms with Crippen molar-refractivity contribution in [1.29, 1.82) is 0 Å². The number of halogens is 4. The first-order chi connectivity index (χ1) is 14.1. The van der Waals surface area contributed by atoms with Crippen molar-refractivity contribution in [1.82, 2.24) is 5.43 Å². The number of alkyl halides is 3. The number of rotatable bonds is 8. The highest BCUT2D eigenvalue weighted by Gasteiger charge is 2.31. The summed E-state index contributed by atoms with van der Waals surface area (Å²) in [5.41, 5.74) is 5.18. The molecule has 3 N–H and O–H groups in total. The summed E-state index contributed by atoms with van der Waals surface area (Å²) < 4.78 is 43.5. The minimum atomic E-state index is -4.52. The van der Waals surface area contributed by atoms with Crippen LogP contribution in [0.4, 0.5) is 23.9 Å². The number of hydrogen-bond donors (Lipinski definition) is 3. The zero-order chi connectivity index (χ0) is 22.5. The molecule has 1 heterocycles. The monoisotopic (exact) mass is 463 g/mol. The van der Waals surface area contributed by atoms with Crippen LogP contribution in [0.15, 0.2) is 18.2 Å². The summed E-state index contributed by atoms with van der Waals surface area (Å²) in [5.74, 6) is -1.02. The lowest BCUT2D eigenvalue weighted by molar-refractivity contribution is -0.137. The van der Waals surface area contributed by atoms with Gasteiger partial charge in [0.2, 0.25) is 5.91 Å². The number of carbonyl (C=O) groups excluding carboxylic acids is 2. The lowest BCUT2D eigenvalue weighted by Gasteiger charge is -2.13. The quantitative estimate of drug-likeness (QED) is 0.378. The number of esters is 1. The van der Waals surface area contributed by atoms with Crippen LogP contribution in [0.25, 0.3) is 0 Å². The van der Waals surface area contributed by atoms with Gasteiger partial charge in [-0.25, -0.2) is 10.2 Å². The van der Waals surface area contributed by atoms with Crippen molar-refractivity contribution < 1.29 is 27.5 Å². The molecule has 1 aromatic carbocycles. The average molecular weight is 464 g/mol. The Balaban J connectivity index is 2.05. The number of amides is 1. The zero-order valence-corrected chi connectivity index (χ0v) is 18.1. The molecule has 30 heavy (non-hydrogen) atoms. The second-order valence-corrected chi connectivity index (χ2v) is 7.66. The van der Waals surface area contributed by atoms with Crippen LogP contribution in [0.5, 0.6) is 0 Å². The zero-order valence-electron chi connectivity index (χ0n) is 16.5. The van der Waals surface area contributed by atoms with Gasteiger partial charge in [0.05, 0.1) is 35.0 Å². The van der Waals surface area contributed by atoms with E-state index >= 15 is 0 Å². The fourth-order valence-corrected chi connectivity index (χ4v) is 3.94. The van der Waals surface area contributed by atoms with Crippen LogP contribution >= 0.6 is 22.9 Å². The summed E-state index contributed by atoms with van der Waals surface area (Å²) in [7, 11) is 0. The van der Waals surface area contributed by atoms with Gasteiger partial charge in [-0.2, -0.15) is 13.2 Å². The van der Waals surface area contributed by atoms with Gasteiger partial charge >= 0.3 is 12.1 Å². The number of nitrogens with one attached hydrogen (secondary N) is 3. The molecule has 0 fully saturated rings. The van der Waals surface area contributed by atoms with Gasteiger partial charge < -0.3 is 15.5 Å². The number of benzene rings is 1. The molecule has 0 aliphatic heterocycles. The number of hydrazine groups is 1. The van der Waals surface area contributed by atoms with Gasteiger partial charge in [-0.15, -0.1) is 11.3 Å². The SMILES string of the molecule is CCOC(=O)c1c(NC(=O)CNNc2cc(C(F)(F)F)ccc2Cl)sc(CC)c1C. The number of aryl methyl sites for hydroxylation is 1. The number of thiophene rings is 1. The normalized spacial score (nSPS) is 11.3. The summed E-state index contributed by atoms with van der Waals surface area (Å²) in [6, 6.07) is 2.81. The molecule has 0 atom stereocenters. The molecule has 0 bridgehead atoms. The highest BCUT2D eigenvalue weighted by molar-refractivity contribution is 7.17. The van der Waals surface area contributed by atoms with Crippen molar-refractivity contribution >= 4 is 45.5 Å². The molecule has 0 aliphatic carbocycles. The Morgan fingerprint density at radius 2 is 1.93 bits per heavy atom. The number of anilines is 2. The standard InChI is InChI=1S/C19H21ClF3N3O3S/c1-4-14-10(3)16(18(28)29-5-2)17(30-14)25-15(27)9-24-26-13-8-11(19(21,22)23)6-7-12(13)20/h6-8,24,26H,4-5,9H2,1-3H3,(H,25,27). The molecule has 164 valence electrons. The maximum absolute atomic E-state index is 12.8. The van der Waals surface area contributed by atoms with Gasteiger partial charge in [0.1, 0.15) is 5.00 Å². The first-order valence-corrected chi connectivity index (χ1v) is 10.2. The van der Waals surface area contributed by atoms with Crippen LogP contribution in [0.2, 0.25) is 5.02 Å². The number of hydrogen-bond acceptors (Lipinski definition) is 6. The maximum atomic E-state index is 12.8. The lowest BCUT2D eigenvalue weighted by atomic mass is 10.1. The van der Waals surface area contributed by atoms with E-state index < -0.39 is 23.6 Å². The number of carbonyl (C=O) groups is 2. The predicted molar refractivity (Wildman–Crippen MR) is 111 cm³/mol. The van der Waals surface area contributed by atoms with Gasteiger partial charge in [-0.3, -0.25) is 4.79 Å². The fourth-order valence-electron chi connectivity index (χ4n) is 2.62. The molecule has 0 radical (unpaired) electrons. The van der Waals surface area contributed by atoms with E-state index in [1.165, 1.54) is 11.3 Å². The minimum absolute atomic E-state index is 0.0215. The molecule has 0 saturated carbocycles. The van der Waals surface area contributed by atoms with E-state index in [0.717, 1.165) is 28.6 Å². The Bertz CT molecular complexity index is 932. The molecular formula is C19H21ClF3N3O3S. The Morgan fingerprint density at radius 1 is 1.23 bits per heavy atom. The first-order valence-electron chi connectivity index (χ1n) is 9.03. The van der Waals surface area contributed by atoms with E-state index in [0.29, 0.717) is 17.0 Å². The topological polar surface area (TPSA) is 79.5 Å². The van der Waals surface area contributed by atoms with Gasteiger partial charge in [0, 0.05) is 4.88 Å². The molecular weight excluding hydrogens is 443 g/mol. The summed E-state index contributed by atoms with van der Waals surface area (Å²) in [6.45, 7) is 5.32. The van der Waals surface area contributed by atoms with E-state index in [1.54, 1.807) is 13.8 Å². The Kier molecular flexibility index (Phi) is 8.10. The van der Waals surface area contributed by atoms with Crippen molar-refractivity contribution in [3.05, 3.63) is 44.8 Å². The van der Waals surface area contributed by atoms with Gasteiger partial charge in [-0.1, -0.05) is 18.5 Å². The van der Waals surface area contributed by atoms with Crippen LogP contribution in [0, 0.1) is 6.92 Å². The highest BCUT2D eigenvalue weighted by Crippen LogP contribution is 2.35. The maximum Gasteiger partial charge on any atom is 0.416 e. The van der Waals surface area contributed by atoms with Gasteiger partial charge in [0.15, 0.2) is 0 Å². The molecule has 1 amide bonds. The van der Waals surface area contributed by atoms with Crippen LogP contribution < -0.4 is 16.2 Å². The summed E-state index contributed by atoms with van der Waals surface area (Å²) in [4.78, 5) is 25.5. The Hall–Kier alpha value is -2.30. The fraction of sp³-hybridized carbons (Fsp3) is 0.368. The molecule has 0 aliphatic rings. The molecule has 0 spiro atoms. The first kappa shape index (κ1) is 24.0. The van der Waals surface area contributed by atoms with Crippen molar-refractivity contribution in [2.24, 2.45) is 0 Å². The molecule has 0 saturated heterocycles. The molecule has 1 aromatic heterocycles. The lowest BCUT2D eigenvalue weighted by Crippen LogP contribution is -2.32. The van der Waals surface area contributed by atoms with Crippen LogP contribution in [-0.4, -0.2) is 25.0 Å². The van der Waals surface area contributed by atoms with Gasteiger partial charge in [0.25, 0.3) is 0 Å². The van der Waals surface area contributed by atoms with Crippen LogP contribution in [0.1, 0.15) is 40.2 Å². The molecule has 11 heteroatoms. The van der Waals surface area contributed by atoms with E-state index in [2.05, 4.69) is 16.2 Å². The molecule has 6 nitrogen and oxygen atoms in total. The van der Waals surface area contributed by atoms with Crippen molar-refractivity contribution in [2.45, 2.75) is 33.4 Å².